The summed E-state index contributed by atoms with van der Waals surface area (Å²) in [6.07, 6.45) is 5.13. The molecule has 7 heterocycles. The first-order valence-corrected chi connectivity index (χ1v) is 23.8. The van der Waals surface area contributed by atoms with E-state index in [0.29, 0.717) is 53.7 Å². The lowest BCUT2D eigenvalue weighted by molar-refractivity contribution is -0.137. The van der Waals surface area contributed by atoms with Gasteiger partial charge in [0.15, 0.2) is 24.0 Å². The molecule has 0 bridgehead atoms. The van der Waals surface area contributed by atoms with Crippen LogP contribution in [0, 0.1) is 23.6 Å². The Balaban J connectivity index is 0.754. The first kappa shape index (κ1) is 46.2. The fourth-order valence-electron chi connectivity index (χ4n) is 10.7. The molecule has 3 N–H and O–H groups in total. The van der Waals surface area contributed by atoms with Crippen LogP contribution in [0.25, 0.3) is 10.9 Å². The maximum atomic E-state index is 16.0. The highest BCUT2D eigenvalue weighted by atomic mass is 35.5. The number of carbonyl (C=O) groups is 4. The molecule has 0 radical (unpaired) electrons. The molecule has 3 unspecified atom stereocenters. The lowest BCUT2D eigenvalue weighted by Crippen LogP contribution is -2.52. The lowest BCUT2D eigenvalue weighted by atomic mass is 9.77. The Bertz CT molecular complexity index is 2630. The van der Waals surface area contributed by atoms with Crippen LogP contribution in [0.3, 0.4) is 0 Å². The van der Waals surface area contributed by atoms with Crippen LogP contribution < -0.4 is 36.0 Å². The van der Waals surface area contributed by atoms with Crippen molar-refractivity contribution in [2.24, 2.45) is 17.8 Å². The van der Waals surface area contributed by atoms with Gasteiger partial charge < -0.3 is 39.5 Å². The topological polar surface area (TPSA) is 174 Å². The standard InChI is InChI=1S/C48H57ClF2N10O6/c1-27(2)61-37-6-4-31(20-30(37)21-40(47(61)66)67-26-42(63)52-3)54-44-35(49)22-53-48(56-44)59-16-10-28(11-17-59)23-57-15-14-32(36(50)25-57)29-12-18-58(19-13-29)38-7-5-33-34(43(38)51)24-60(46(33)65)39-8-9-41(62)55-45(39)64/h4-7,20-22,27-29,32,36,39H,8-19,23-26H2,1-3H3,(H,52,63)(H,53,54,56)(H,55,62,64). The highest BCUT2D eigenvalue weighted by molar-refractivity contribution is 6.33. The van der Waals surface area contributed by atoms with Crippen molar-refractivity contribution in [3.05, 3.63) is 74.9 Å². The summed E-state index contributed by atoms with van der Waals surface area (Å²) in [6.45, 7) is 8.30. The number of pyridine rings is 1. The number of anilines is 4. The number of alkyl halides is 1. The second kappa shape index (κ2) is 19.4. The zero-order chi connectivity index (χ0) is 47.1. The van der Waals surface area contributed by atoms with E-state index in [1.165, 1.54) is 11.9 Å². The summed E-state index contributed by atoms with van der Waals surface area (Å²) in [4.78, 5) is 79.6. The summed E-state index contributed by atoms with van der Waals surface area (Å²) in [5.41, 5.74) is 2.05. The average molecular weight is 943 g/mol. The molecule has 0 aliphatic carbocycles. The molecule has 16 nitrogen and oxygen atoms in total. The number of hydrogen-bond donors (Lipinski definition) is 3. The van der Waals surface area contributed by atoms with Crippen molar-refractivity contribution in [1.29, 1.82) is 0 Å². The number of piperidine rings is 4. The fraction of sp³-hybridized carbons (Fsp3) is 0.521. The molecule has 356 valence electrons. The summed E-state index contributed by atoms with van der Waals surface area (Å²) in [6, 6.07) is 9.55. The van der Waals surface area contributed by atoms with E-state index in [0.717, 1.165) is 69.2 Å². The molecule has 4 saturated heterocycles. The van der Waals surface area contributed by atoms with Crippen molar-refractivity contribution in [3.8, 4) is 5.75 Å². The van der Waals surface area contributed by atoms with E-state index in [2.05, 4.69) is 30.7 Å². The van der Waals surface area contributed by atoms with Gasteiger partial charge in [-0.15, -0.1) is 0 Å². The summed E-state index contributed by atoms with van der Waals surface area (Å²) < 4.78 is 39.3. The van der Waals surface area contributed by atoms with Crippen LogP contribution in [0.5, 0.6) is 5.75 Å². The molecule has 2 aromatic carbocycles. The van der Waals surface area contributed by atoms with Crippen LogP contribution in [0.1, 0.15) is 80.8 Å². The number of likely N-dealkylation sites (tertiary alicyclic amines) is 1. The number of carbonyl (C=O) groups excluding carboxylic acids is 4. The number of benzene rings is 2. The number of amides is 4. The zero-order valence-corrected chi connectivity index (χ0v) is 38.8. The second-order valence-electron chi connectivity index (χ2n) is 18.8. The normalized spacial score (nSPS) is 22.1. The first-order chi connectivity index (χ1) is 32.3. The van der Waals surface area contributed by atoms with Gasteiger partial charge in [-0.2, -0.15) is 4.98 Å². The Morgan fingerprint density at radius 1 is 0.970 bits per heavy atom. The van der Waals surface area contributed by atoms with Crippen molar-refractivity contribution in [1.82, 2.24) is 35.0 Å². The van der Waals surface area contributed by atoms with Gasteiger partial charge in [-0.05, 0) is 113 Å². The van der Waals surface area contributed by atoms with E-state index in [4.69, 9.17) is 21.3 Å². The predicted molar refractivity (Wildman–Crippen MR) is 250 cm³/mol. The molecule has 67 heavy (non-hydrogen) atoms. The summed E-state index contributed by atoms with van der Waals surface area (Å²) in [7, 11) is 1.50. The molecule has 4 aromatic rings. The summed E-state index contributed by atoms with van der Waals surface area (Å²) in [5, 5.41) is 9.19. The summed E-state index contributed by atoms with van der Waals surface area (Å²) in [5.74, 6) is -0.446. The third kappa shape index (κ3) is 9.51. The van der Waals surface area contributed by atoms with Crippen molar-refractivity contribution in [3.63, 3.8) is 0 Å². The van der Waals surface area contributed by atoms with Gasteiger partial charge in [-0.3, -0.25) is 29.3 Å². The number of nitrogens with one attached hydrogen (secondary N) is 3. The van der Waals surface area contributed by atoms with Crippen molar-refractivity contribution < 1.29 is 32.7 Å². The molecule has 0 spiro atoms. The monoisotopic (exact) mass is 942 g/mol. The minimum atomic E-state index is -0.938. The minimum absolute atomic E-state index is 0.0174. The number of likely N-dealkylation sites (N-methyl/N-ethyl adjacent to an activating group) is 1. The highest BCUT2D eigenvalue weighted by Crippen LogP contribution is 2.39. The van der Waals surface area contributed by atoms with Crippen molar-refractivity contribution in [2.45, 2.75) is 83.6 Å². The average Bonchev–Trinajstić information content (AvgIpc) is 3.65. The molecule has 4 fully saturated rings. The third-order valence-electron chi connectivity index (χ3n) is 14.4. The fourth-order valence-corrected chi connectivity index (χ4v) is 10.9. The van der Waals surface area contributed by atoms with Crippen LogP contribution in [0.4, 0.5) is 31.9 Å². The van der Waals surface area contributed by atoms with Crippen LogP contribution in [-0.2, 0) is 20.9 Å². The van der Waals surface area contributed by atoms with Gasteiger partial charge in [0, 0.05) is 81.0 Å². The number of fused-ring (bicyclic) bond motifs is 2. The Morgan fingerprint density at radius 2 is 1.73 bits per heavy atom. The maximum absolute atomic E-state index is 16.0. The number of nitrogens with zero attached hydrogens (tertiary/aromatic N) is 7. The SMILES string of the molecule is CNC(=O)COc1cc2cc(Nc3nc(N4CCC(CN5CCC(C6CCN(c7ccc8c(c7F)CN(C7CCC(=O)NC7=O)C8=O)CC6)C(F)C5)CC4)ncc3Cl)ccc2n(C(C)C)c1=O. The molecular formula is C48H57ClF2N10O6. The van der Waals surface area contributed by atoms with E-state index in [1.54, 1.807) is 29.0 Å². The largest absolute Gasteiger partial charge is 0.478 e. The summed E-state index contributed by atoms with van der Waals surface area (Å²) >= 11 is 6.61. The quantitative estimate of drug-likeness (QED) is 0.151. The molecule has 19 heteroatoms. The first-order valence-electron chi connectivity index (χ1n) is 23.4. The third-order valence-corrected chi connectivity index (χ3v) is 14.6. The smallest absolute Gasteiger partial charge is 0.293 e. The van der Waals surface area contributed by atoms with E-state index in [1.807, 2.05) is 36.9 Å². The van der Waals surface area contributed by atoms with E-state index in [-0.39, 0.29) is 78.1 Å². The number of ether oxygens (including phenoxy) is 1. The number of rotatable bonds is 12. The Kier molecular flexibility index (Phi) is 13.4. The maximum Gasteiger partial charge on any atom is 0.293 e. The van der Waals surface area contributed by atoms with Crippen LogP contribution >= 0.6 is 11.6 Å². The molecule has 2 aromatic heterocycles. The van der Waals surface area contributed by atoms with Gasteiger partial charge >= 0.3 is 0 Å². The lowest BCUT2D eigenvalue weighted by Gasteiger charge is -2.43. The second-order valence-corrected chi connectivity index (χ2v) is 19.2. The predicted octanol–water partition coefficient (Wildman–Crippen LogP) is 5.59. The van der Waals surface area contributed by atoms with Gasteiger partial charge in [-0.1, -0.05) is 11.6 Å². The Morgan fingerprint density at radius 3 is 2.45 bits per heavy atom. The highest BCUT2D eigenvalue weighted by Gasteiger charge is 2.42. The van der Waals surface area contributed by atoms with Gasteiger partial charge in [0.05, 0.1) is 23.9 Å². The number of hydrogen-bond acceptors (Lipinski definition) is 12. The van der Waals surface area contributed by atoms with Gasteiger partial charge in [-0.25, -0.2) is 13.8 Å². The molecule has 4 amide bonds. The molecule has 5 aliphatic heterocycles. The van der Waals surface area contributed by atoms with Gasteiger partial charge in [0.25, 0.3) is 17.4 Å². The molecular weight excluding hydrogens is 886 g/mol. The number of aromatic nitrogens is 3. The van der Waals surface area contributed by atoms with Crippen molar-refractivity contribution in [2.75, 3.05) is 74.6 Å². The van der Waals surface area contributed by atoms with Gasteiger partial charge in [0.1, 0.15) is 17.2 Å². The molecule has 0 saturated carbocycles. The van der Waals surface area contributed by atoms with E-state index in [9.17, 15) is 24.0 Å². The van der Waals surface area contributed by atoms with Crippen molar-refractivity contribution >= 4 is 69.3 Å². The number of halogens is 3. The van der Waals surface area contributed by atoms with Crippen LogP contribution in [-0.4, -0.2) is 120 Å². The number of imide groups is 1. The molecule has 3 atom stereocenters. The zero-order valence-electron chi connectivity index (χ0n) is 38.0. The Labute approximate surface area is 392 Å². The van der Waals surface area contributed by atoms with E-state index >= 15 is 8.78 Å². The Hall–Kier alpha value is -5.88. The van der Waals surface area contributed by atoms with Crippen LogP contribution in [0.2, 0.25) is 5.02 Å². The minimum Gasteiger partial charge on any atom is -0.478 e. The van der Waals surface area contributed by atoms with Gasteiger partial charge in [0.2, 0.25) is 17.8 Å². The van der Waals surface area contributed by atoms with Crippen LogP contribution in [0.15, 0.2) is 47.4 Å². The molecule has 5 aliphatic rings. The molecule has 9 rings (SSSR count). The van der Waals surface area contributed by atoms with E-state index < -0.39 is 29.8 Å².